The lowest BCUT2D eigenvalue weighted by Gasteiger charge is -2.23. The van der Waals surface area contributed by atoms with Crippen molar-refractivity contribution in [3.63, 3.8) is 0 Å². The average molecular weight is 408 g/mol. The summed E-state index contributed by atoms with van der Waals surface area (Å²) in [6.45, 7) is -0.462. The number of phenolic OH excluding ortho intramolecular Hbond substituents is 1. The van der Waals surface area contributed by atoms with Crippen molar-refractivity contribution >= 4 is 33.3 Å². The number of amides is 1. The van der Waals surface area contributed by atoms with E-state index in [1.807, 2.05) is 0 Å². The van der Waals surface area contributed by atoms with E-state index in [-0.39, 0.29) is 29.3 Å². The van der Waals surface area contributed by atoms with Crippen LogP contribution in [0, 0.1) is 5.92 Å². The Balaban J connectivity index is 1.91. The number of aromatic hydroxyl groups is 1. The van der Waals surface area contributed by atoms with E-state index in [9.17, 15) is 23.1 Å². The maximum Gasteiger partial charge on any atom is 0.266 e. The van der Waals surface area contributed by atoms with Gasteiger partial charge in [-0.15, -0.1) is 0 Å². The molecule has 0 aliphatic carbocycles. The van der Waals surface area contributed by atoms with Gasteiger partial charge in [0.15, 0.2) is 5.78 Å². The molecule has 0 spiro atoms. The second-order valence-electron chi connectivity index (χ2n) is 6.45. The first kappa shape index (κ1) is 19.4. The smallest absolute Gasteiger partial charge is 0.266 e. The van der Waals surface area contributed by atoms with Crippen LogP contribution in [0.25, 0.3) is 0 Å². The third-order valence-electron chi connectivity index (χ3n) is 4.51. The number of halogens is 1. The van der Waals surface area contributed by atoms with Crippen molar-refractivity contribution in [1.29, 1.82) is 0 Å². The van der Waals surface area contributed by atoms with E-state index in [1.54, 1.807) is 12.1 Å². The Hall–Kier alpha value is -2.38. The summed E-state index contributed by atoms with van der Waals surface area (Å²) in [4.78, 5) is 25.0. The van der Waals surface area contributed by atoms with Gasteiger partial charge in [-0.05, 0) is 54.8 Å². The van der Waals surface area contributed by atoms with Crippen LogP contribution in [0.15, 0.2) is 53.4 Å². The number of carbonyl (C=O) groups is 2. The molecule has 2 aromatic rings. The number of hydrogen-bond acceptors (Lipinski definition) is 5. The quantitative estimate of drug-likeness (QED) is 0.841. The second kappa shape index (κ2) is 7.70. The van der Waals surface area contributed by atoms with E-state index >= 15 is 0 Å². The molecule has 1 heterocycles. The molecule has 27 heavy (non-hydrogen) atoms. The number of phenols is 1. The summed E-state index contributed by atoms with van der Waals surface area (Å²) in [5.74, 6) is -1.42. The number of carbonyl (C=O) groups excluding carboxylic acids is 2. The molecule has 3 rings (SSSR count). The highest BCUT2D eigenvalue weighted by atomic mass is 35.5. The van der Waals surface area contributed by atoms with Gasteiger partial charge in [-0.1, -0.05) is 23.7 Å². The van der Waals surface area contributed by atoms with Gasteiger partial charge in [-0.2, -0.15) is 0 Å². The zero-order valence-corrected chi connectivity index (χ0v) is 15.9. The third kappa shape index (κ3) is 4.31. The van der Waals surface area contributed by atoms with E-state index in [1.165, 1.54) is 36.4 Å². The molecule has 0 radical (unpaired) electrons. The number of Topliss-reactive ketones (excluding diaryl/α,β-unsaturated/α-hetero) is 1. The SMILES string of the molecule is O=C1CCC(Cc2ccc(O)cc2)C(=O)N(S(=O)(=O)c2ccc(Cl)cc2)C1. The van der Waals surface area contributed by atoms with Gasteiger partial charge < -0.3 is 5.11 Å². The molecule has 142 valence electrons. The van der Waals surface area contributed by atoms with Gasteiger partial charge >= 0.3 is 0 Å². The van der Waals surface area contributed by atoms with Gasteiger partial charge in [0.1, 0.15) is 5.75 Å². The van der Waals surface area contributed by atoms with Crippen molar-refractivity contribution in [3.05, 3.63) is 59.1 Å². The topological polar surface area (TPSA) is 91.8 Å². The van der Waals surface area contributed by atoms with Crippen LogP contribution in [0.2, 0.25) is 5.02 Å². The summed E-state index contributed by atoms with van der Waals surface area (Å²) in [5.41, 5.74) is 0.782. The first-order valence-electron chi connectivity index (χ1n) is 8.39. The van der Waals surface area contributed by atoms with E-state index in [0.29, 0.717) is 15.7 Å². The Kier molecular flexibility index (Phi) is 5.53. The van der Waals surface area contributed by atoms with Gasteiger partial charge in [0, 0.05) is 17.4 Å². The zero-order valence-electron chi connectivity index (χ0n) is 14.3. The summed E-state index contributed by atoms with van der Waals surface area (Å²) in [5, 5.41) is 9.75. The Morgan fingerprint density at radius 3 is 2.30 bits per heavy atom. The maximum atomic E-state index is 13.0. The van der Waals surface area contributed by atoms with Crippen molar-refractivity contribution < 1.29 is 23.1 Å². The van der Waals surface area contributed by atoms with Crippen LogP contribution >= 0.6 is 11.6 Å². The van der Waals surface area contributed by atoms with Gasteiger partial charge in [-0.3, -0.25) is 9.59 Å². The molecule has 1 fully saturated rings. The number of hydrogen-bond donors (Lipinski definition) is 1. The molecule has 1 amide bonds. The predicted molar refractivity (Wildman–Crippen MR) is 99.9 cm³/mol. The molecule has 1 unspecified atom stereocenters. The van der Waals surface area contributed by atoms with Gasteiger partial charge in [0.25, 0.3) is 10.0 Å². The van der Waals surface area contributed by atoms with Crippen molar-refractivity contribution in [1.82, 2.24) is 4.31 Å². The molecule has 8 heteroatoms. The molecule has 0 bridgehead atoms. The highest BCUT2D eigenvalue weighted by molar-refractivity contribution is 7.89. The molecule has 6 nitrogen and oxygen atoms in total. The Morgan fingerprint density at radius 1 is 1.04 bits per heavy atom. The summed E-state index contributed by atoms with van der Waals surface area (Å²) in [6, 6.07) is 11.8. The minimum Gasteiger partial charge on any atom is -0.508 e. The Bertz CT molecular complexity index is 955. The fourth-order valence-corrected chi connectivity index (χ4v) is 4.58. The van der Waals surface area contributed by atoms with Crippen LogP contribution in [0.3, 0.4) is 0 Å². The fourth-order valence-electron chi connectivity index (χ4n) is 3.02. The standard InChI is InChI=1S/C19H18ClNO5S/c20-15-4-9-18(10-5-15)27(25,26)21-12-17(23)8-3-14(19(21)24)11-13-1-6-16(22)7-2-13/h1-2,4-7,9-10,14,22H,3,8,11-12H2. The monoisotopic (exact) mass is 407 g/mol. The number of rotatable bonds is 4. The number of benzene rings is 2. The first-order chi connectivity index (χ1) is 12.8. The van der Waals surface area contributed by atoms with Gasteiger partial charge in [-0.25, -0.2) is 12.7 Å². The van der Waals surface area contributed by atoms with Crippen LogP contribution in [-0.2, 0) is 26.0 Å². The van der Waals surface area contributed by atoms with Crippen molar-refractivity contribution in [3.8, 4) is 5.75 Å². The highest BCUT2D eigenvalue weighted by Crippen LogP contribution is 2.27. The maximum absolute atomic E-state index is 13.0. The third-order valence-corrected chi connectivity index (χ3v) is 6.52. The summed E-state index contributed by atoms with van der Waals surface area (Å²) >= 11 is 5.80. The predicted octanol–water partition coefficient (Wildman–Crippen LogP) is 2.78. The Labute approximate surface area is 162 Å². The van der Waals surface area contributed by atoms with Crippen LogP contribution in [-0.4, -0.2) is 36.1 Å². The second-order valence-corrected chi connectivity index (χ2v) is 8.75. The van der Waals surface area contributed by atoms with Gasteiger partial charge in [0.05, 0.1) is 11.4 Å². The molecule has 0 aromatic heterocycles. The van der Waals surface area contributed by atoms with Crippen molar-refractivity contribution in [2.75, 3.05) is 6.54 Å². The van der Waals surface area contributed by atoms with Gasteiger partial charge in [0.2, 0.25) is 5.91 Å². The average Bonchev–Trinajstić information content (AvgIpc) is 2.77. The lowest BCUT2D eigenvalue weighted by molar-refractivity contribution is -0.131. The molecule has 1 atom stereocenters. The van der Waals surface area contributed by atoms with E-state index in [2.05, 4.69) is 0 Å². The molecule has 1 N–H and O–H groups in total. The van der Waals surface area contributed by atoms with Crippen molar-refractivity contribution in [2.24, 2.45) is 5.92 Å². The van der Waals surface area contributed by atoms with Crippen LogP contribution < -0.4 is 0 Å². The summed E-state index contributed by atoms with van der Waals surface area (Å²) in [7, 11) is -4.15. The Morgan fingerprint density at radius 2 is 1.67 bits per heavy atom. The highest BCUT2D eigenvalue weighted by Gasteiger charge is 2.37. The summed E-state index contributed by atoms with van der Waals surface area (Å²) in [6.07, 6.45) is 0.714. The lowest BCUT2D eigenvalue weighted by Crippen LogP contribution is -2.42. The molecule has 2 aromatic carbocycles. The molecule has 0 saturated carbocycles. The molecular formula is C19H18ClNO5S. The van der Waals surface area contributed by atoms with Crippen molar-refractivity contribution in [2.45, 2.75) is 24.2 Å². The number of ketones is 1. The minimum absolute atomic E-state index is 0.0849. The number of sulfonamides is 1. The van der Waals surface area contributed by atoms with Crippen LogP contribution in [0.1, 0.15) is 18.4 Å². The zero-order chi connectivity index (χ0) is 19.6. The van der Waals surface area contributed by atoms with Crippen LogP contribution in [0.4, 0.5) is 0 Å². The summed E-state index contributed by atoms with van der Waals surface area (Å²) < 4.78 is 26.5. The van der Waals surface area contributed by atoms with E-state index in [4.69, 9.17) is 11.6 Å². The minimum atomic E-state index is -4.15. The van der Waals surface area contributed by atoms with Crippen LogP contribution in [0.5, 0.6) is 5.75 Å². The normalized spacial score (nSPS) is 18.4. The molecule has 1 saturated heterocycles. The lowest BCUT2D eigenvalue weighted by atomic mass is 9.94. The first-order valence-corrected chi connectivity index (χ1v) is 10.2. The van der Waals surface area contributed by atoms with E-state index in [0.717, 1.165) is 5.56 Å². The fraction of sp³-hybridized carbons (Fsp3) is 0.263. The number of nitrogens with zero attached hydrogens (tertiary/aromatic N) is 1. The molecule has 1 aliphatic heterocycles. The molecule has 1 aliphatic rings. The van der Waals surface area contributed by atoms with E-state index < -0.39 is 28.4 Å². The molecular weight excluding hydrogens is 390 g/mol. The largest absolute Gasteiger partial charge is 0.508 e.